The molecule has 0 bridgehead atoms. The fraction of sp³-hybridized carbons (Fsp3) is 0. The quantitative estimate of drug-likeness (QED) is 0.223. The van der Waals surface area contributed by atoms with Crippen molar-refractivity contribution in [3.8, 4) is 10.6 Å². The number of fused-ring (bicyclic) bond motifs is 1. The smallest absolute Gasteiger partial charge is 0.125 e. The average Bonchev–Trinajstić information content (AvgIpc) is 3.42. The summed E-state index contributed by atoms with van der Waals surface area (Å²) in [6, 6.07) is 47.8. The Hall–Kier alpha value is -4.73. The summed E-state index contributed by atoms with van der Waals surface area (Å²) < 4.78 is 1.22. The third-order valence-electron chi connectivity index (χ3n) is 7.44. The van der Waals surface area contributed by atoms with Gasteiger partial charge >= 0.3 is 0 Å². The first-order valence-corrected chi connectivity index (χ1v) is 13.6. The van der Waals surface area contributed by atoms with Crippen molar-refractivity contribution in [1.82, 2.24) is 4.98 Å². The Morgan fingerprint density at radius 3 is 1.79 bits per heavy atom. The van der Waals surface area contributed by atoms with Crippen molar-refractivity contribution in [1.29, 1.82) is 0 Å². The van der Waals surface area contributed by atoms with E-state index in [0.29, 0.717) is 0 Å². The molecule has 8 rings (SSSR count). The Bertz CT molecular complexity index is 2000. The lowest BCUT2D eigenvalue weighted by molar-refractivity contribution is 1.30. The van der Waals surface area contributed by atoms with Gasteiger partial charge in [-0.1, -0.05) is 91.0 Å². The van der Waals surface area contributed by atoms with Crippen LogP contribution in [0.2, 0.25) is 0 Å². The van der Waals surface area contributed by atoms with Crippen molar-refractivity contribution in [2.24, 2.45) is 0 Å². The minimum atomic E-state index is 1.06. The zero-order chi connectivity index (χ0) is 25.1. The predicted molar refractivity (Wildman–Crippen MR) is 163 cm³/mol. The van der Waals surface area contributed by atoms with Crippen molar-refractivity contribution < 1.29 is 0 Å². The molecule has 1 heterocycles. The van der Waals surface area contributed by atoms with Crippen molar-refractivity contribution in [3.05, 3.63) is 133 Å². The van der Waals surface area contributed by atoms with E-state index >= 15 is 0 Å². The fourth-order valence-corrected chi connectivity index (χ4v) is 6.74. The molecule has 0 aliphatic carbocycles. The highest BCUT2D eigenvalue weighted by Crippen LogP contribution is 2.45. The monoisotopic (exact) mass is 502 g/mol. The molecular weight excluding hydrogens is 480 g/mol. The molecule has 7 aromatic carbocycles. The van der Waals surface area contributed by atoms with Gasteiger partial charge in [-0.25, -0.2) is 4.98 Å². The van der Waals surface area contributed by atoms with Crippen LogP contribution in [-0.2, 0) is 0 Å². The normalized spacial score (nSPS) is 11.7. The number of hydrogen-bond donors (Lipinski definition) is 0. The minimum Gasteiger partial charge on any atom is -0.310 e. The van der Waals surface area contributed by atoms with Crippen LogP contribution in [0.1, 0.15) is 0 Å². The van der Waals surface area contributed by atoms with E-state index in [1.54, 1.807) is 11.3 Å². The maximum Gasteiger partial charge on any atom is 0.125 e. The molecule has 0 amide bonds. The van der Waals surface area contributed by atoms with Gasteiger partial charge in [0.05, 0.1) is 15.9 Å². The van der Waals surface area contributed by atoms with E-state index in [1.165, 1.54) is 48.3 Å². The number of anilines is 3. The number of para-hydroxylation sites is 3. The molecule has 0 aliphatic rings. The summed E-state index contributed by atoms with van der Waals surface area (Å²) in [6.45, 7) is 0. The highest BCUT2D eigenvalue weighted by molar-refractivity contribution is 7.21. The van der Waals surface area contributed by atoms with E-state index in [2.05, 4.69) is 138 Å². The Morgan fingerprint density at radius 2 is 1.08 bits per heavy atom. The number of aromatic nitrogens is 1. The van der Waals surface area contributed by atoms with Gasteiger partial charge in [0.2, 0.25) is 0 Å². The summed E-state index contributed by atoms with van der Waals surface area (Å²) in [7, 11) is 0. The van der Waals surface area contributed by atoms with Crippen molar-refractivity contribution >= 4 is 70.9 Å². The standard InChI is InChI=1S/C35H22N2S/c1-3-9-25(10-4-1)37(26-11-5-2-6-12-26)31-22-18-24-15-19-27-28(35-36-30-13-7-8-14-32(30)38-35)20-16-23-17-21-29(31)34(24)33(23)27/h1-22H. The van der Waals surface area contributed by atoms with Gasteiger partial charge in [-0.15, -0.1) is 11.3 Å². The predicted octanol–water partition coefficient (Wildman–Crippen LogP) is 10.3. The van der Waals surface area contributed by atoms with E-state index in [0.717, 1.165) is 21.9 Å². The molecule has 0 aliphatic heterocycles. The lowest BCUT2D eigenvalue weighted by Gasteiger charge is -2.27. The van der Waals surface area contributed by atoms with Crippen LogP contribution in [0.4, 0.5) is 17.1 Å². The lowest BCUT2D eigenvalue weighted by Crippen LogP contribution is -2.10. The average molecular weight is 503 g/mol. The first kappa shape index (κ1) is 21.4. The van der Waals surface area contributed by atoms with Gasteiger partial charge in [-0.2, -0.15) is 0 Å². The molecule has 8 aromatic rings. The topological polar surface area (TPSA) is 16.1 Å². The summed E-state index contributed by atoms with van der Waals surface area (Å²) in [5.41, 5.74) is 5.71. The molecule has 38 heavy (non-hydrogen) atoms. The largest absolute Gasteiger partial charge is 0.310 e. The molecule has 0 radical (unpaired) electrons. The number of rotatable bonds is 4. The zero-order valence-corrected chi connectivity index (χ0v) is 21.3. The molecule has 0 spiro atoms. The Balaban J connectivity index is 1.43. The van der Waals surface area contributed by atoms with Crippen molar-refractivity contribution in [2.75, 3.05) is 4.90 Å². The second-order valence-electron chi connectivity index (χ2n) is 9.61. The molecule has 0 saturated carbocycles. The maximum absolute atomic E-state index is 5.00. The van der Waals surface area contributed by atoms with Crippen LogP contribution < -0.4 is 4.90 Å². The van der Waals surface area contributed by atoms with Gasteiger partial charge in [0.1, 0.15) is 5.01 Å². The molecule has 2 nitrogen and oxygen atoms in total. The number of thiazole rings is 1. The van der Waals surface area contributed by atoms with E-state index in [9.17, 15) is 0 Å². The van der Waals surface area contributed by atoms with Crippen molar-refractivity contribution in [2.45, 2.75) is 0 Å². The van der Waals surface area contributed by atoms with Gasteiger partial charge in [-0.05, 0) is 69.4 Å². The van der Waals surface area contributed by atoms with E-state index < -0.39 is 0 Å². The van der Waals surface area contributed by atoms with Crippen LogP contribution in [0.15, 0.2) is 133 Å². The molecule has 0 saturated heterocycles. The van der Waals surface area contributed by atoms with Crippen LogP contribution in [0.5, 0.6) is 0 Å². The Labute approximate surface area is 224 Å². The summed E-state index contributed by atoms with van der Waals surface area (Å²) in [6.07, 6.45) is 0. The molecule has 1 aromatic heterocycles. The number of hydrogen-bond acceptors (Lipinski definition) is 3. The summed E-state index contributed by atoms with van der Waals surface area (Å²) in [5.74, 6) is 0. The Kier molecular flexibility index (Phi) is 4.73. The zero-order valence-electron chi connectivity index (χ0n) is 20.5. The van der Waals surface area contributed by atoms with Crippen molar-refractivity contribution in [3.63, 3.8) is 0 Å². The molecule has 3 heteroatoms. The van der Waals surface area contributed by atoms with E-state index in [1.807, 2.05) is 0 Å². The van der Waals surface area contributed by atoms with Gasteiger partial charge in [0.25, 0.3) is 0 Å². The van der Waals surface area contributed by atoms with Crippen LogP contribution in [0.25, 0.3) is 53.1 Å². The SMILES string of the molecule is c1ccc(N(c2ccccc2)c2ccc3ccc4c(-c5nc6ccccc6s5)ccc5ccc2c3c54)cc1. The minimum absolute atomic E-state index is 1.06. The van der Waals surface area contributed by atoms with Gasteiger partial charge in [0.15, 0.2) is 0 Å². The second-order valence-corrected chi connectivity index (χ2v) is 10.6. The molecule has 178 valence electrons. The molecule has 0 atom stereocenters. The highest BCUT2D eigenvalue weighted by Gasteiger charge is 2.19. The lowest BCUT2D eigenvalue weighted by atomic mass is 9.91. The number of nitrogens with zero attached hydrogens (tertiary/aromatic N) is 2. The van der Waals surface area contributed by atoms with Crippen LogP contribution >= 0.6 is 11.3 Å². The first-order valence-electron chi connectivity index (χ1n) is 12.8. The van der Waals surface area contributed by atoms with E-state index in [-0.39, 0.29) is 0 Å². The molecule has 0 unspecified atom stereocenters. The third kappa shape index (κ3) is 3.22. The van der Waals surface area contributed by atoms with Gasteiger partial charge in [0, 0.05) is 22.3 Å². The third-order valence-corrected chi connectivity index (χ3v) is 8.51. The number of benzene rings is 7. The van der Waals surface area contributed by atoms with Gasteiger partial charge in [-0.3, -0.25) is 0 Å². The van der Waals surface area contributed by atoms with Crippen LogP contribution in [-0.4, -0.2) is 4.98 Å². The maximum atomic E-state index is 5.00. The fourth-order valence-electron chi connectivity index (χ4n) is 5.74. The van der Waals surface area contributed by atoms with Crippen LogP contribution in [0.3, 0.4) is 0 Å². The summed E-state index contributed by atoms with van der Waals surface area (Å²) in [5, 5.41) is 8.68. The summed E-state index contributed by atoms with van der Waals surface area (Å²) in [4.78, 5) is 7.36. The second kappa shape index (κ2) is 8.41. The Morgan fingerprint density at radius 1 is 0.500 bits per heavy atom. The molecular formula is C35H22N2S. The molecule has 0 fully saturated rings. The first-order chi connectivity index (χ1) is 18.8. The van der Waals surface area contributed by atoms with Crippen LogP contribution in [0, 0.1) is 0 Å². The van der Waals surface area contributed by atoms with Gasteiger partial charge < -0.3 is 4.90 Å². The van der Waals surface area contributed by atoms with E-state index in [4.69, 9.17) is 4.98 Å². The molecule has 0 N–H and O–H groups in total. The highest BCUT2D eigenvalue weighted by atomic mass is 32.1. The summed E-state index contributed by atoms with van der Waals surface area (Å²) >= 11 is 1.76.